The van der Waals surface area contributed by atoms with Crippen molar-refractivity contribution in [1.29, 1.82) is 0 Å². The highest BCUT2D eigenvalue weighted by molar-refractivity contribution is 6.09. The number of rotatable bonds is 4. The van der Waals surface area contributed by atoms with Gasteiger partial charge in [-0.1, -0.05) is 62.4 Å². The molecule has 126 valence electrons. The van der Waals surface area contributed by atoms with Gasteiger partial charge in [-0.05, 0) is 35.4 Å². The third kappa shape index (κ3) is 3.41. The number of hydrogen-bond acceptors (Lipinski definition) is 3. The first kappa shape index (κ1) is 16.8. The number of nitrogens with two attached hydrogens (primary N) is 2. The van der Waals surface area contributed by atoms with Crippen LogP contribution in [-0.2, 0) is 5.41 Å². The van der Waals surface area contributed by atoms with Crippen LogP contribution in [-0.4, -0.2) is 5.78 Å². The van der Waals surface area contributed by atoms with Crippen molar-refractivity contribution >= 4 is 17.2 Å². The number of carbonyl (C=O) groups excluding carboxylic acids is 1. The van der Waals surface area contributed by atoms with Gasteiger partial charge in [-0.3, -0.25) is 4.79 Å². The van der Waals surface area contributed by atoms with Crippen LogP contribution >= 0.6 is 0 Å². The van der Waals surface area contributed by atoms with Gasteiger partial charge in [0.25, 0.3) is 0 Å². The van der Waals surface area contributed by atoms with Gasteiger partial charge in [-0.25, -0.2) is 0 Å². The smallest absolute Gasteiger partial charge is 0.193 e. The molecule has 0 saturated heterocycles. The van der Waals surface area contributed by atoms with Gasteiger partial charge in [0, 0.05) is 27.9 Å². The van der Waals surface area contributed by atoms with Gasteiger partial charge >= 0.3 is 0 Å². The quantitative estimate of drug-likeness (QED) is 0.550. The Morgan fingerprint density at radius 2 is 1.32 bits per heavy atom. The second-order valence-corrected chi connectivity index (χ2v) is 6.78. The van der Waals surface area contributed by atoms with E-state index in [1.165, 1.54) is 0 Å². The Balaban J connectivity index is 1.90. The largest absolute Gasteiger partial charge is 0.399 e. The van der Waals surface area contributed by atoms with E-state index in [0.29, 0.717) is 16.8 Å². The molecule has 3 rings (SSSR count). The standard InChI is InChI=1S/C22H22N2O/c1-22(2,18-6-4-8-20(24)14-18)17-11-9-15(10-12-17)21(25)16-5-3-7-19(23)13-16/h3-14H,23-24H2,1-2H3. The molecule has 3 heteroatoms. The normalized spacial score (nSPS) is 11.3. The van der Waals surface area contributed by atoms with Crippen LogP contribution in [0.2, 0.25) is 0 Å². The van der Waals surface area contributed by atoms with Crippen LogP contribution in [0.15, 0.2) is 72.8 Å². The molecule has 0 aromatic heterocycles. The first-order chi connectivity index (χ1) is 11.9. The maximum absolute atomic E-state index is 12.6. The average Bonchev–Trinajstić information content (AvgIpc) is 2.61. The second kappa shape index (κ2) is 6.44. The minimum atomic E-state index is -0.200. The summed E-state index contributed by atoms with van der Waals surface area (Å²) in [7, 11) is 0. The van der Waals surface area contributed by atoms with Crippen LogP contribution in [0.3, 0.4) is 0 Å². The van der Waals surface area contributed by atoms with Crippen LogP contribution in [0.1, 0.15) is 40.9 Å². The highest BCUT2D eigenvalue weighted by Crippen LogP contribution is 2.32. The summed E-state index contributed by atoms with van der Waals surface area (Å²) in [6, 6.07) is 22.7. The molecule has 0 unspecified atom stereocenters. The molecule has 0 spiro atoms. The monoisotopic (exact) mass is 330 g/mol. The molecule has 0 bridgehead atoms. The molecular weight excluding hydrogens is 308 g/mol. The third-order valence-corrected chi connectivity index (χ3v) is 4.63. The Hall–Kier alpha value is -3.07. The predicted molar refractivity (Wildman–Crippen MR) is 104 cm³/mol. The van der Waals surface area contributed by atoms with Crippen molar-refractivity contribution in [3.63, 3.8) is 0 Å². The van der Waals surface area contributed by atoms with Crippen LogP contribution in [0.5, 0.6) is 0 Å². The average molecular weight is 330 g/mol. The van der Waals surface area contributed by atoms with E-state index < -0.39 is 0 Å². The first-order valence-electron chi connectivity index (χ1n) is 8.25. The van der Waals surface area contributed by atoms with Crippen molar-refractivity contribution in [2.45, 2.75) is 19.3 Å². The summed E-state index contributed by atoms with van der Waals surface area (Å²) in [6.45, 7) is 4.30. The minimum Gasteiger partial charge on any atom is -0.399 e. The lowest BCUT2D eigenvalue weighted by atomic mass is 9.77. The number of benzene rings is 3. The zero-order valence-corrected chi connectivity index (χ0v) is 14.5. The zero-order valence-electron chi connectivity index (χ0n) is 14.5. The van der Waals surface area contributed by atoms with Crippen molar-refractivity contribution < 1.29 is 4.79 Å². The molecular formula is C22H22N2O. The van der Waals surface area contributed by atoms with Gasteiger partial charge < -0.3 is 11.5 Å². The van der Waals surface area contributed by atoms with Crippen molar-refractivity contribution in [2.24, 2.45) is 0 Å². The number of carbonyl (C=O) groups is 1. The van der Waals surface area contributed by atoms with Gasteiger partial charge in [0.15, 0.2) is 5.78 Å². The fourth-order valence-electron chi connectivity index (χ4n) is 2.98. The van der Waals surface area contributed by atoms with E-state index in [2.05, 4.69) is 19.9 Å². The van der Waals surface area contributed by atoms with Crippen LogP contribution in [0, 0.1) is 0 Å². The van der Waals surface area contributed by atoms with E-state index in [4.69, 9.17) is 11.5 Å². The van der Waals surface area contributed by atoms with Crippen molar-refractivity contribution in [1.82, 2.24) is 0 Å². The second-order valence-electron chi connectivity index (χ2n) is 6.78. The summed E-state index contributed by atoms with van der Waals surface area (Å²) in [6.07, 6.45) is 0. The molecule has 0 atom stereocenters. The molecule has 3 aromatic rings. The molecule has 0 fully saturated rings. The molecule has 3 aromatic carbocycles. The van der Waals surface area contributed by atoms with Gasteiger partial charge in [0.1, 0.15) is 0 Å². The summed E-state index contributed by atoms with van der Waals surface area (Å²) in [4.78, 5) is 12.6. The van der Waals surface area contributed by atoms with Gasteiger partial charge in [-0.15, -0.1) is 0 Å². The molecule has 0 amide bonds. The Kier molecular flexibility index (Phi) is 4.32. The Morgan fingerprint density at radius 3 is 1.92 bits per heavy atom. The Morgan fingerprint density at radius 1 is 0.720 bits per heavy atom. The summed E-state index contributed by atoms with van der Waals surface area (Å²) in [5.41, 5.74) is 16.3. The maximum Gasteiger partial charge on any atom is 0.193 e. The summed E-state index contributed by atoms with van der Waals surface area (Å²) in [5.74, 6) is -0.0272. The number of ketones is 1. The van der Waals surface area contributed by atoms with Crippen LogP contribution < -0.4 is 11.5 Å². The number of anilines is 2. The Bertz CT molecular complexity index is 911. The maximum atomic E-state index is 12.6. The van der Waals surface area contributed by atoms with E-state index >= 15 is 0 Å². The predicted octanol–water partition coefficient (Wildman–Crippen LogP) is 4.41. The van der Waals surface area contributed by atoms with E-state index in [-0.39, 0.29) is 11.2 Å². The van der Waals surface area contributed by atoms with Crippen LogP contribution in [0.25, 0.3) is 0 Å². The summed E-state index contributed by atoms with van der Waals surface area (Å²) >= 11 is 0. The first-order valence-corrected chi connectivity index (χ1v) is 8.25. The fraction of sp³-hybridized carbons (Fsp3) is 0.136. The zero-order chi connectivity index (χ0) is 18.0. The van der Waals surface area contributed by atoms with Gasteiger partial charge in [0.05, 0.1) is 0 Å². The molecule has 0 heterocycles. The minimum absolute atomic E-state index is 0.0272. The van der Waals surface area contributed by atoms with E-state index in [0.717, 1.165) is 16.8 Å². The number of hydrogen-bond donors (Lipinski definition) is 2. The lowest BCUT2D eigenvalue weighted by molar-refractivity contribution is 0.103. The van der Waals surface area contributed by atoms with E-state index in [1.807, 2.05) is 42.5 Å². The van der Waals surface area contributed by atoms with Crippen LogP contribution in [0.4, 0.5) is 11.4 Å². The van der Waals surface area contributed by atoms with Crippen molar-refractivity contribution in [2.75, 3.05) is 11.5 Å². The molecule has 3 nitrogen and oxygen atoms in total. The Labute approximate surface area is 148 Å². The molecule has 4 N–H and O–H groups in total. The highest BCUT2D eigenvalue weighted by Gasteiger charge is 2.23. The molecule has 0 aliphatic heterocycles. The van der Waals surface area contributed by atoms with E-state index in [1.54, 1.807) is 24.3 Å². The molecule has 25 heavy (non-hydrogen) atoms. The topological polar surface area (TPSA) is 69.1 Å². The molecule has 0 aliphatic carbocycles. The summed E-state index contributed by atoms with van der Waals surface area (Å²) in [5, 5.41) is 0. The molecule has 0 radical (unpaired) electrons. The summed E-state index contributed by atoms with van der Waals surface area (Å²) < 4.78 is 0. The lowest BCUT2D eigenvalue weighted by Gasteiger charge is -2.26. The SMILES string of the molecule is CC(C)(c1ccc(C(=O)c2cccc(N)c2)cc1)c1cccc(N)c1. The highest BCUT2D eigenvalue weighted by atomic mass is 16.1. The van der Waals surface area contributed by atoms with Crippen molar-refractivity contribution in [3.8, 4) is 0 Å². The lowest BCUT2D eigenvalue weighted by Crippen LogP contribution is -2.19. The molecule has 0 aliphatic rings. The molecule has 0 saturated carbocycles. The number of nitrogen functional groups attached to an aromatic ring is 2. The van der Waals surface area contributed by atoms with Gasteiger partial charge in [-0.2, -0.15) is 0 Å². The fourth-order valence-corrected chi connectivity index (χ4v) is 2.98. The van der Waals surface area contributed by atoms with E-state index in [9.17, 15) is 4.79 Å². The van der Waals surface area contributed by atoms with Gasteiger partial charge in [0.2, 0.25) is 0 Å². The third-order valence-electron chi connectivity index (χ3n) is 4.63. The van der Waals surface area contributed by atoms with Crippen molar-refractivity contribution in [3.05, 3.63) is 95.1 Å².